The van der Waals surface area contributed by atoms with Crippen molar-refractivity contribution in [2.24, 2.45) is 31.5 Å². The average Bonchev–Trinajstić information content (AvgIpc) is 3.65. The number of ether oxygens (including phenoxy) is 11. The summed E-state index contributed by atoms with van der Waals surface area (Å²) in [6.07, 6.45) is -26.8. The van der Waals surface area contributed by atoms with Gasteiger partial charge in [-0.05, 0) is 39.6 Å². The third kappa shape index (κ3) is 13.8. The zero-order valence-corrected chi connectivity index (χ0v) is 39.4. The number of aliphatic hydroxyl groups is 1. The van der Waals surface area contributed by atoms with Gasteiger partial charge in [-0.2, -0.15) is 0 Å². The van der Waals surface area contributed by atoms with Crippen LogP contribution in [0.1, 0.15) is 53.5 Å². The molecule has 1 saturated carbocycles. The van der Waals surface area contributed by atoms with E-state index in [1.807, 2.05) is 0 Å². The summed E-state index contributed by atoms with van der Waals surface area (Å²) < 4.78 is 83.1. The molecule has 4 fully saturated rings. The van der Waals surface area contributed by atoms with E-state index in [9.17, 15) is 46.4 Å². The smallest absolute Gasteiger partial charge is 0.303 e. The highest BCUT2D eigenvalue weighted by atomic mass is 19.1. The van der Waals surface area contributed by atoms with Crippen LogP contribution in [-0.4, -0.2) is 158 Å². The lowest BCUT2D eigenvalue weighted by Crippen LogP contribution is -2.67. The fourth-order valence-corrected chi connectivity index (χ4v) is 8.78. The van der Waals surface area contributed by atoms with Crippen LogP contribution in [0.15, 0.2) is 55.9 Å². The lowest BCUT2D eigenvalue weighted by Gasteiger charge is -2.49. The molecule has 0 spiro atoms. The van der Waals surface area contributed by atoms with Crippen molar-refractivity contribution in [2.75, 3.05) is 13.1 Å². The Labute approximate surface area is 407 Å². The van der Waals surface area contributed by atoms with Crippen molar-refractivity contribution in [3.63, 3.8) is 0 Å². The lowest BCUT2D eigenvalue weighted by molar-refractivity contribution is -0.328. The number of carbonyl (C=O) groups excluding carboxylic acids is 4. The molecule has 3 heterocycles. The van der Waals surface area contributed by atoms with Gasteiger partial charge in [0.2, 0.25) is 0 Å². The maximum Gasteiger partial charge on any atom is 0.303 e. The second-order valence-electron chi connectivity index (χ2n) is 16.6. The highest BCUT2D eigenvalue weighted by molar-refractivity contribution is 5.68. The summed E-state index contributed by atoms with van der Waals surface area (Å²) in [7, 11) is 0. The van der Waals surface area contributed by atoms with Crippen LogP contribution in [0.2, 0.25) is 0 Å². The first-order valence-electron chi connectivity index (χ1n) is 22.3. The van der Waals surface area contributed by atoms with Gasteiger partial charge in [0.1, 0.15) is 54.9 Å². The molecule has 3 saturated heterocycles. The molecule has 0 radical (unpaired) electrons. The van der Waals surface area contributed by atoms with E-state index in [0.29, 0.717) is 5.56 Å². The minimum Gasteiger partial charge on any atom is -0.459 e. The van der Waals surface area contributed by atoms with E-state index >= 15 is 4.39 Å². The Bertz CT molecular complexity index is 2320. The number of azide groups is 5. The molecule has 0 bridgehead atoms. The van der Waals surface area contributed by atoms with E-state index in [0.717, 1.165) is 27.7 Å². The van der Waals surface area contributed by atoms with Crippen LogP contribution < -0.4 is 0 Å². The summed E-state index contributed by atoms with van der Waals surface area (Å²) in [6.45, 7) is 6.00. The number of benzene rings is 1. The van der Waals surface area contributed by atoms with Crippen molar-refractivity contribution < 1.29 is 80.8 Å². The highest BCUT2D eigenvalue weighted by Crippen LogP contribution is 2.41. The number of rotatable bonds is 21. The molecule has 0 aromatic heterocycles. The van der Waals surface area contributed by atoms with Crippen LogP contribution >= 0.6 is 0 Å². The van der Waals surface area contributed by atoms with Gasteiger partial charge in [0.25, 0.3) is 0 Å². The number of carbonyl (C=O) groups is 4. The standard InChI is InChI=1S/C40H52FN15O16/c1-7-22-30(70-38-28(51-56-46)35(65-19(5)59)31(63-17(3)57)24(69-38)14-48-53-43)37(66-20(6)60)40(67-22)72-36-33(64-18(4)58)26(49-54-44)29(61)27(50-55-45)34(36)71-39-32(62-15-21-11-9-8-10-12-21)25(41)16(2)23(68-39)13-47-52-42/h8-12,16,22-40,61H,7,13-15H2,1-6H3. The van der Waals surface area contributed by atoms with E-state index in [1.54, 1.807) is 37.3 Å². The van der Waals surface area contributed by atoms with Crippen LogP contribution in [0.5, 0.6) is 0 Å². The van der Waals surface area contributed by atoms with Crippen molar-refractivity contribution in [3.8, 4) is 0 Å². The van der Waals surface area contributed by atoms with Gasteiger partial charge in [-0.3, -0.25) is 19.2 Å². The predicted octanol–water partition coefficient (Wildman–Crippen LogP) is 5.04. The van der Waals surface area contributed by atoms with E-state index < -0.39 is 159 Å². The van der Waals surface area contributed by atoms with Crippen molar-refractivity contribution in [1.29, 1.82) is 0 Å². The molecule has 390 valence electrons. The molecule has 1 aliphatic carbocycles. The summed E-state index contributed by atoms with van der Waals surface area (Å²) in [5, 5.41) is 30.0. The first kappa shape index (κ1) is 56.2. The van der Waals surface area contributed by atoms with Crippen molar-refractivity contribution >= 4 is 23.9 Å². The SMILES string of the molecule is CCC1OC(OC2C(OC(C)=O)C(N=[N+]=[N-])C(O)C(N=[N+]=[N-])C2OC2OC(CN=[N+]=[N-])C(C)C(F)C2OCc2ccccc2)C(OC(C)=O)C1OC1OC(CN=[N+]=[N-])C(OC(C)=O)C(OC(C)=O)C1N=[N+]=[N-]. The first-order valence-corrected chi connectivity index (χ1v) is 22.3. The van der Waals surface area contributed by atoms with Gasteiger partial charge in [-0.1, -0.05) is 69.8 Å². The Hall–Kier alpha value is -6.74. The first-order chi connectivity index (χ1) is 34.5. The average molecular weight is 1020 g/mol. The molecule has 3 aliphatic heterocycles. The van der Waals surface area contributed by atoms with Gasteiger partial charge in [0, 0.05) is 58.2 Å². The zero-order valence-electron chi connectivity index (χ0n) is 39.4. The Kier molecular flexibility index (Phi) is 20.8. The molecule has 1 N–H and O–H groups in total. The monoisotopic (exact) mass is 1020 g/mol. The fourth-order valence-electron chi connectivity index (χ4n) is 8.78. The lowest BCUT2D eigenvalue weighted by atomic mass is 9.81. The maximum absolute atomic E-state index is 16.7. The number of esters is 4. The molecular weight excluding hydrogens is 966 g/mol. The third-order valence-corrected chi connectivity index (χ3v) is 11.9. The van der Waals surface area contributed by atoms with Crippen LogP contribution in [0.3, 0.4) is 0 Å². The van der Waals surface area contributed by atoms with Crippen LogP contribution in [0, 0.1) is 5.92 Å². The second-order valence-corrected chi connectivity index (χ2v) is 16.6. The maximum atomic E-state index is 16.7. The summed E-state index contributed by atoms with van der Waals surface area (Å²) in [4.78, 5) is 64.5. The molecule has 1 aromatic rings. The largest absolute Gasteiger partial charge is 0.459 e. The Morgan fingerprint density at radius 1 is 0.583 bits per heavy atom. The van der Waals surface area contributed by atoms with Gasteiger partial charge in [0.15, 0.2) is 37.2 Å². The number of hydrogen-bond acceptors (Lipinski definition) is 21. The highest BCUT2D eigenvalue weighted by Gasteiger charge is 2.60. The molecular formula is C40H52FN15O16. The number of hydrogen-bond donors (Lipinski definition) is 1. The van der Waals surface area contributed by atoms with E-state index in [-0.39, 0.29) is 13.0 Å². The Balaban J connectivity index is 1.63. The number of alkyl halides is 1. The molecule has 31 nitrogen and oxygen atoms in total. The van der Waals surface area contributed by atoms with E-state index in [1.165, 1.54) is 6.92 Å². The van der Waals surface area contributed by atoms with Gasteiger partial charge in [-0.15, -0.1) is 0 Å². The summed E-state index contributed by atoms with van der Waals surface area (Å²) in [6, 6.07) is 3.26. The molecule has 20 unspecified atom stereocenters. The zero-order chi connectivity index (χ0) is 52.6. The van der Waals surface area contributed by atoms with Crippen LogP contribution in [0.25, 0.3) is 52.2 Å². The second kappa shape index (κ2) is 26.6. The number of halogens is 1. The quantitative estimate of drug-likeness (QED) is 0.0553. The molecule has 5 rings (SSSR count). The Morgan fingerprint density at radius 3 is 1.60 bits per heavy atom. The molecule has 4 aliphatic rings. The van der Waals surface area contributed by atoms with Gasteiger partial charge in [0.05, 0.1) is 44.1 Å². The topological polar surface area (TPSA) is 434 Å². The number of nitrogens with zero attached hydrogens (tertiary/aromatic N) is 15. The molecule has 1 aromatic carbocycles. The van der Waals surface area contributed by atoms with E-state index in [4.69, 9.17) is 57.6 Å². The third-order valence-electron chi connectivity index (χ3n) is 11.9. The van der Waals surface area contributed by atoms with E-state index in [2.05, 4.69) is 50.1 Å². The van der Waals surface area contributed by atoms with Crippen molar-refractivity contribution in [3.05, 3.63) is 88.1 Å². The van der Waals surface area contributed by atoms with Gasteiger partial charge in [-0.25, -0.2) is 4.39 Å². The minimum absolute atomic E-state index is 0.0190. The summed E-state index contributed by atoms with van der Waals surface area (Å²) >= 11 is 0. The predicted molar refractivity (Wildman–Crippen MR) is 235 cm³/mol. The van der Waals surface area contributed by atoms with Gasteiger partial charge >= 0.3 is 23.9 Å². The molecule has 32 heteroatoms. The van der Waals surface area contributed by atoms with Crippen molar-refractivity contribution in [1.82, 2.24) is 0 Å². The van der Waals surface area contributed by atoms with Crippen molar-refractivity contribution in [2.45, 2.75) is 171 Å². The Morgan fingerprint density at radius 2 is 1.04 bits per heavy atom. The summed E-state index contributed by atoms with van der Waals surface area (Å²) in [5.74, 6) is -4.77. The molecule has 20 atom stereocenters. The number of aliphatic hydroxyl groups excluding tert-OH is 1. The van der Waals surface area contributed by atoms with Crippen LogP contribution in [0.4, 0.5) is 4.39 Å². The summed E-state index contributed by atoms with van der Waals surface area (Å²) in [5.41, 5.74) is 48.2. The normalized spacial score (nSPS) is 36.0. The molecule has 72 heavy (non-hydrogen) atoms. The van der Waals surface area contributed by atoms with Crippen LogP contribution in [-0.2, 0) is 77.9 Å². The fraction of sp³-hybridized carbons (Fsp3) is 0.750. The molecule has 0 amide bonds. The minimum atomic E-state index is -2.02. The van der Waals surface area contributed by atoms with Gasteiger partial charge < -0.3 is 57.2 Å².